The smallest absolute Gasteiger partial charge is 0.158 e. The average molecular weight is 480 g/mol. The maximum absolute atomic E-state index is 10.0. The van der Waals surface area contributed by atoms with Crippen molar-refractivity contribution < 1.29 is 14.6 Å². The Bertz CT molecular complexity index is 1150. The highest BCUT2D eigenvalue weighted by Crippen LogP contribution is 2.47. The number of aromatic amines is 1. The molecule has 0 bridgehead atoms. The monoisotopic (exact) mass is 479 g/mol. The summed E-state index contributed by atoms with van der Waals surface area (Å²) in [5.41, 5.74) is 6.28. The van der Waals surface area contributed by atoms with Crippen molar-refractivity contribution in [3.63, 3.8) is 0 Å². The fraction of sp³-hybridized carbons (Fsp3) is 0.556. The van der Waals surface area contributed by atoms with Crippen molar-refractivity contribution in [3.8, 4) is 17.0 Å². The Kier molecular flexibility index (Phi) is 7.22. The van der Waals surface area contributed by atoms with Gasteiger partial charge in [-0.2, -0.15) is 5.10 Å². The number of anilines is 1. The van der Waals surface area contributed by atoms with E-state index < -0.39 is 6.10 Å². The normalized spacial score (nSPS) is 17.7. The van der Waals surface area contributed by atoms with Crippen molar-refractivity contribution in [2.45, 2.75) is 63.5 Å². The SMILES string of the molecule is CNCC(O)COc1cccc(-c2nc3[nH]nc(C4CC4)c3c(NC3CCOCC3)c2C(C)C)c1. The Morgan fingerprint density at radius 1 is 1.20 bits per heavy atom. The lowest BCUT2D eigenvalue weighted by atomic mass is 9.92. The molecule has 1 aliphatic heterocycles. The van der Waals surface area contributed by atoms with Gasteiger partial charge in [0.15, 0.2) is 5.65 Å². The maximum Gasteiger partial charge on any atom is 0.158 e. The van der Waals surface area contributed by atoms with Gasteiger partial charge in [-0.1, -0.05) is 26.0 Å². The first kappa shape index (κ1) is 24.0. The van der Waals surface area contributed by atoms with Crippen LogP contribution in [0.5, 0.6) is 5.75 Å². The van der Waals surface area contributed by atoms with E-state index in [-0.39, 0.29) is 12.5 Å². The zero-order valence-corrected chi connectivity index (χ0v) is 20.9. The Balaban J connectivity index is 1.58. The van der Waals surface area contributed by atoms with Crippen LogP contribution in [0.25, 0.3) is 22.3 Å². The van der Waals surface area contributed by atoms with Crippen LogP contribution in [0, 0.1) is 0 Å². The van der Waals surface area contributed by atoms with Gasteiger partial charge in [0.05, 0.1) is 22.5 Å². The number of rotatable bonds is 10. The zero-order valence-electron chi connectivity index (χ0n) is 20.9. The molecule has 2 aliphatic rings. The molecule has 188 valence electrons. The number of nitrogens with zero attached hydrogens (tertiary/aromatic N) is 2. The maximum atomic E-state index is 10.0. The van der Waals surface area contributed by atoms with Gasteiger partial charge in [0.25, 0.3) is 0 Å². The number of likely N-dealkylation sites (N-methyl/N-ethyl adjacent to an activating group) is 1. The van der Waals surface area contributed by atoms with Gasteiger partial charge in [0.1, 0.15) is 18.5 Å². The van der Waals surface area contributed by atoms with Crippen LogP contribution in [0.3, 0.4) is 0 Å². The summed E-state index contributed by atoms with van der Waals surface area (Å²) < 4.78 is 11.5. The van der Waals surface area contributed by atoms with Crippen LogP contribution in [0.2, 0.25) is 0 Å². The van der Waals surface area contributed by atoms with E-state index in [0.717, 1.165) is 59.8 Å². The minimum absolute atomic E-state index is 0.232. The molecule has 4 N–H and O–H groups in total. The molecule has 1 unspecified atom stereocenters. The highest BCUT2D eigenvalue weighted by Gasteiger charge is 2.32. The third kappa shape index (κ3) is 5.29. The van der Waals surface area contributed by atoms with E-state index in [2.05, 4.69) is 35.6 Å². The number of fused-ring (bicyclic) bond motifs is 1. The van der Waals surface area contributed by atoms with E-state index in [1.54, 1.807) is 0 Å². The molecule has 1 saturated heterocycles. The van der Waals surface area contributed by atoms with Crippen LogP contribution in [-0.4, -0.2) is 65.8 Å². The molecule has 8 heteroatoms. The van der Waals surface area contributed by atoms with E-state index >= 15 is 0 Å². The summed E-state index contributed by atoms with van der Waals surface area (Å²) in [4.78, 5) is 5.12. The molecule has 1 saturated carbocycles. The van der Waals surface area contributed by atoms with Crippen LogP contribution in [-0.2, 0) is 4.74 Å². The number of hydrogen-bond acceptors (Lipinski definition) is 7. The first-order valence-corrected chi connectivity index (χ1v) is 12.9. The molecular formula is C27H37N5O3. The topological polar surface area (TPSA) is 104 Å². The standard InChI is InChI=1S/C27H37N5O3/c1-16(2)22-24(18-5-4-6-21(13-18)35-15-20(33)14-28-3)30-27-23(25(31-32-27)17-7-8-17)26(22)29-19-9-11-34-12-10-19/h4-6,13,16-17,19-20,28,33H,7-12,14-15H2,1-3H3,(H2,29,30,31,32). The highest BCUT2D eigenvalue weighted by molar-refractivity contribution is 5.97. The Labute approximate surface area is 206 Å². The van der Waals surface area contributed by atoms with E-state index in [9.17, 15) is 5.11 Å². The minimum Gasteiger partial charge on any atom is -0.491 e. The van der Waals surface area contributed by atoms with Crippen molar-refractivity contribution >= 4 is 16.7 Å². The Hall–Kier alpha value is -2.68. The molecule has 3 aromatic rings. The van der Waals surface area contributed by atoms with Gasteiger partial charge in [-0.15, -0.1) is 0 Å². The summed E-state index contributed by atoms with van der Waals surface area (Å²) >= 11 is 0. The Morgan fingerprint density at radius 3 is 2.71 bits per heavy atom. The lowest BCUT2D eigenvalue weighted by Gasteiger charge is -2.28. The second-order valence-corrected chi connectivity index (χ2v) is 10.1. The number of pyridine rings is 1. The highest BCUT2D eigenvalue weighted by atomic mass is 16.5. The van der Waals surface area contributed by atoms with Crippen LogP contribution in [0.15, 0.2) is 24.3 Å². The average Bonchev–Trinajstić information content (AvgIpc) is 3.62. The van der Waals surface area contributed by atoms with Gasteiger partial charge in [-0.25, -0.2) is 4.98 Å². The van der Waals surface area contributed by atoms with E-state index in [1.807, 2.05) is 25.2 Å². The number of nitrogens with one attached hydrogen (secondary N) is 3. The van der Waals surface area contributed by atoms with Crippen molar-refractivity contribution in [1.29, 1.82) is 0 Å². The van der Waals surface area contributed by atoms with E-state index in [4.69, 9.17) is 19.6 Å². The summed E-state index contributed by atoms with van der Waals surface area (Å²) in [6.45, 7) is 6.75. The zero-order chi connectivity index (χ0) is 24.4. The van der Waals surface area contributed by atoms with Crippen molar-refractivity contribution in [1.82, 2.24) is 20.5 Å². The fourth-order valence-corrected chi connectivity index (χ4v) is 4.95. The molecule has 0 amide bonds. The van der Waals surface area contributed by atoms with Crippen molar-refractivity contribution in [3.05, 3.63) is 35.5 Å². The summed E-state index contributed by atoms with van der Waals surface area (Å²) in [5.74, 6) is 1.50. The first-order valence-electron chi connectivity index (χ1n) is 12.9. The number of H-pyrrole nitrogens is 1. The number of aliphatic hydroxyl groups is 1. The van der Waals surface area contributed by atoms with Crippen LogP contribution < -0.4 is 15.4 Å². The number of ether oxygens (including phenoxy) is 2. The molecule has 2 aromatic heterocycles. The molecule has 1 atom stereocenters. The predicted octanol–water partition coefficient (Wildman–Crippen LogP) is 4.18. The molecule has 35 heavy (non-hydrogen) atoms. The number of benzene rings is 1. The predicted molar refractivity (Wildman–Crippen MR) is 138 cm³/mol. The summed E-state index contributed by atoms with van der Waals surface area (Å²) in [6.07, 6.45) is 3.80. The molecule has 1 aromatic carbocycles. The van der Waals surface area contributed by atoms with Crippen molar-refractivity contribution in [2.24, 2.45) is 0 Å². The summed E-state index contributed by atoms with van der Waals surface area (Å²) in [6, 6.07) is 8.37. The van der Waals surface area contributed by atoms with Gasteiger partial charge in [-0.3, -0.25) is 5.10 Å². The number of aromatic nitrogens is 3. The molecule has 1 aliphatic carbocycles. The van der Waals surface area contributed by atoms with E-state index in [0.29, 0.717) is 18.5 Å². The van der Waals surface area contributed by atoms with Crippen LogP contribution in [0.1, 0.15) is 62.6 Å². The molecule has 2 fully saturated rings. The summed E-state index contributed by atoms with van der Waals surface area (Å²) in [7, 11) is 1.81. The summed E-state index contributed by atoms with van der Waals surface area (Å²) in [5, 5.41) is 26.0. The van der Waals surface area contributed by atoms with Crippen LogP contribution in [0.4, 0.5) is 5.69 Å². The molecule has 5 rings (SSSR count). The Morgan fingerprint density at radius 2 is 2.00 bits per heavy atom. The number of hydrogen-bond donors (Lipinski definition) is 4. The third-order valence-electron chi connectivity index (χ3n) is 6.87. The minimum atomic E-state index is -0.564. The van der Waals surface area contributed by atoms with E-state index in [1.165, 1.54) is 24.1 Å². The lowest BCUT2D eigenvalue weighted by Crippen LogP contribution is -2.29. The largest absolute Gasteiger partial charge is 0.491 e. The van der Waals surface area contributed by atoms with Gasteiger partial charge in [-0.05, 0) is 50.8 Å². The fourth-order valence-electron chi connectivity index (χ4n) is 4.95. The van der Waals surface area contributed by atoms with Gasteiger partial charge < -0.3 is 25.2 Å². The lowest BCUT2D eigenvalue weighted by molar-refractivity contribution is 0.0904. The second-order valence-electron chi connectivity index (χ2n) is 10.1. The molecule has 3 heterocycles. The molecule has 0 radical (unpaired) electrons. The van der Waals surface area contributed by atoms with Gasteiger partial charge >= 0.3 is 0 Å². The van der Waals surface area contributed by atoms with Crippen LogP contribution >= 0.6 is 0 Å². The first-order chi connectivity index (χ1) is 17.0. The van der Waals surface area contributed by atoms with Gasteiger partial charge in [0, 0.05) is 42.8 Å². The number of aliphatic hydroxyl groups excluding tert-OH is 1. The third-order valence-corrected chi connectivity index (χ3v) is 6.87. The molecule has 0 spiro atoms. The quantitative estimate of drug-likeness (QED) is 0.346. The molecular weight excluding hydrogens is 442 g/mol. The van der Waals surface area contributed by atoms with Crippen molar-refractivity contribution in [2.75, 3.05) is 38.7 Å². The molecule has 8 nitrogen and oxygen atoms in total. The second kappa shape index (κ2) is 10.5. The van der Waals surface area contributed by atoms with Gasteiger partial charge in [0.2, 0.25) is 0 Å².